The number of esters is 1. The Morgan fingerprint density at radius 1 is 0.914 bits per heavy atom. The fourth-order valence-corrected chi connectivity index (χ4v) is 4.21. The van der Waals surface area contributed by atoms with Crippen molar-refractivity contribution in [3.63, 3.8) is 0 Å². The highest BCUT2D eigenvalue weighted by molar-refractivity contribution is 5.98. The molecule has 0 saturated heterocycles. The number of aryl methyl sites for hydroxylation is 5. The molecule has 0 spiro atoms. The summed E-state index contributed by atoms with van der Waals surface area (Å²) >= 11 is 0. The molecular formula is C26H29N5O4. The average molecular weight is 476 g/mol. The lowest BCUT2D eigenvalue weighted by molar-refractivity contribution is -0.147. The number of ketones is 1. The molecule has 0 bridgehead atoms. The Morgan fingerprint density at radius 3 is 2.37 bits per heavy atom. The Bertz CT molecular complexity index is 1260. The Morgan fingerprint density at radius 2 is 1.63 bits per heavy atom. The van der Waals surface area contributed by atoms with Crippen molar-refractivity contribution in [3.05, 3.63) is 64.1 Å². The van der Waals surface area contributed by atoms with Gasteiger partial charge in [-0.15, -0.1) is 0 Å². The minimum absolute atomic E-state index is 0.0370. The maximum absolute atomic E-state index is 12.5. The molecular weight excluding hydrogens is 446 g/mol. The molecule has 0 saturated carbocycles. The number of ether oxygens (including phenoxy) is 1. The summed E-state index contributed by atoms with van der Waals surface area (Å²) in [6.45, 7) is 5.02. The van der Waals surface area contributed by atoms with E-state index in [-0.39, 0.29) is 18.6 Å². The Labute approximate surface area is 203 Å². The molecule has 1 aromatic carbocycles. The van der Waals surface area contributed by atoms with Gasteiger partial charge in [0.2, 0.25) is 0 Å². The van der Waals surface area contributed by atoms with Crippen LogP contribution in [0.3, 0.4) is 0 Å². The second kappa shape index (κ2) is 10.6. The van der Waals surface area contributed by atoms with E-state index in [1.165, 1.54) is 22.2 Å². The SMILES string of the molecule is Cc1cc(C)nc(-n2nc(C)cc2NC(=O)COC(=O)CCC(=O)c2ccc3c(c2)CCCC3)n1. The fraction of sp³-hybridized carbons (Fsp3) is 0.385. The van der Waals surface area contributed by atoms with Crippen LogP contribution in [0.25, 0.3) is 5.95 Å². The van der Waals surface area contributed by atoms with Gasteiger partial charge >= 0.3 is 5.97 Å². The van der Waals surface area contributed by atoms with Gasteiger partial charge in [0.1, 0.15) is 5.82 Å². The number of aromatic nitrogens is 4. The van der Waals surface area contributed by atoms with Crippen molar-refractivity contribution in [1.82, 2.24) is 19.7 Å². The third-order valence-electron chi connectivity index (χ3n) is 5.85. The highest BCUT2D eigenvalue weighted by Gasteiger charge is 2.17. The van der Waals surface area contributed by atoms with Crippen molar-refractivity contribution in [2.75, 3.05) is 11.9 Å². The summed E-state index contributed by atoms with van der Waals surface area (Å²) < 4.78 is 6.52. The summed E-state index contributed by atoms with van der Waals surface area (Å²) in [5.74, 6) is -0.522. The van der Waals surface area contributed by atoms with Crippen LogP contribution in [0.2, 0.25) is 0 Å². The monoisotopic (exact) mass is 475 g/mol. The molecule has 1 aliphatic carbocycles. The number of nitrogens with one attached hydrogen (secondary N) is 1. The minimum atomic E-state index is -0.603. The molecule has 0 atom stereocenters. The van der Waals surface area contributed by atoms with Gasteiger partial charge in [-0.25, -0.2) is 9.97 Å². The summed E-state index contributed by atoms with van der Waals surface area (Å²) in [6, 6.07) is 9.31. The third-order valence-corrected chi connectivity index (χ3v) is 5.85. The standard InChI is InChI=1S/C26H29N5O4/c1-16-12-17(2)28-26(27-16)31-23(13-18(3)30-31)29-24(33)15-35-25(34)11-10-22(32)21-9-8-19-6-4-5-7-20(19)14-21/h8-9,12-14H,4-7,10-11,15H2,1-3H3,(H,29,33). The third kappa shape index (κ3) is 6.17. The zero-order valence-corrected chi connectivity index (χ0v) is 20.3. The molecule has 4 rings (SSSR count). The summed E-state index contributed by atoms with van der Waals surface area (Å²) in [4.78, 5) is 45.8. The molecule has 1 N–H and O–H groups in total. The molecule has 9 heteroatoms. The van der Waals surface area contributed by atoms with Crippen molar-refractivity contribution in [3.8, 4) is 5.95 Å². The number of nitrogens with zero attached hydrogens (tertiary/aromatic N) is 4. The second-order valence-corrected chi connectivity index (χ2v) is 8.86. The maximum Gasteiger partial charge on any atom is 0.306 e. The first-order valence-electron chi connectivity index (χ1n) is 11.8. The van der Waals surface area contributed by atoms with E-state index < -0.39 is 18.5 Å². The first kappa shape index (κ1) is 24.3. The minimum Gasteiger partial charge on any atom is -0.456 e. The molecule has 35 heavy (non-hydrogen) atoms. The smallest absolute Gasteiger partial charge is 0.306 e. The molecule has 0 radical (unpaired) electrons. The molecule has 182 valence electrons. The molecule has 0 aliphatic heterocycles. The number of anilines is 1. The predicted octanol–water partition coefficient (Wildman–Crippen LogP) is 3.61. The van der Waals surface area contributed by atoms with E-state index in [1.807, 2.05) is 38.1 Å². The molecule has 2 heterocycles. The quantitative estimate of drug-likeness (QED) is 0.391. The molecule has 3 aromatic rings. The van der Waals surface area contributed by atoms with Gasteiger partial charge in [-0.05, 0) is 69.7 Å². The van der Waals surface area contributed by atoms with Gasteiger partial charge in [0, 0.05) is 29.4 Å². The van der Waals surface area contributed by atoms with Gasteiger partial charge in [0.05, 0.1) is 12.1 Å². The van der Waals surface area contributed by atoms with Crippen LogP contribution in [0.4, 0.5) is 5.82 Å². The van der Waals surface area contributed by atoms with Crippen LogP contribution in [0.5, 0.6) is 0 Å². The number of carbonyl (C=O) groups excluding carboxylic acids is 3. The summed E-state index contributed by atoms with van der Waals surface area (Å²) in [5, 5.41) is 7.03. The lowest BCUT2D eigenvalue weighted by Gasteiger charge is -2.16. The fourth-order valence-electron chi connectivity index (χ4n) is 4.21. The second-order valence-electron chi connectivity index (χ2n) is 8.86. The van der Waals surface area contributed by atoms with E-state index in [0.29, 0.717) is 23.0 Å². The lowest BCUT2D eigenvalue weighted by atomic mass is 9.89. The van der Waals surface area contributed by atoms with E-state index in [0.717, 1.165) is 30.7 Å². The highest BCUT2D eigenvalue weighted by atomic mass is 16.5. The van der Waals surface area contributed by atoms with Crippen molar-refractivity contribution in [2.24, 2.45) is 0 Å². The molecule has 0 unspecified atom stereocenters. The highest BCUT2D eigenvalue weighted by Crippen LogP contribution is 2.23. The first-order valence-corrected chi connectivity index (χ1v) is 11.8. The predicted molar refractivity (Wildman–Crippen MR) is 130 cm³/mol. The first-order chi connectivity index (χ1) is 16.8. The van der Waals surface area contributed by atoms with Gasteiger partial charge in [-0.3, -0.25) is 14.4 Å². The molecule has 2 aromatic heterocycles. The van der Waals surface area contributed by atoms with E-state index in [4.69, 9.17) is 4.74 Å². The van der Waals surface area contributed by atoms with E-state index in [1.54, 1.807) is 13.0 Å². The number of Topliss-reactive ketones (excluding diaryl/α,β-unsaturated/α-hetero) is 1. The number of hydrogen-bond donors (Lipinski definition) is 1. The van der Waals surface area contributed by atoms with Crippen LogP contribution in [-0.4, -0.2) is 44.0 Å². The summed E-state index contributed by atoms with van der Waals surface area (Å²) in [5.41, 5.74) is 5.36. The van der Waals surface area contributed by atoms with Crippen molar-refractivity contribution >= 4 is 23.5 Å². The Kier molecular flexibility index (Phi) is 7.33. The zero-order chi connectivity index (χ0) is 24.9. The lowest BCUT2D eigenvalue weighted by Crippen LogP contribution is -2.23. The number of carbonyl (C=O) groups is 3. The van der Waals surface area contributed by atoms with Crippen LogP contribution in [-0.2, 0) is 27.2 Å². The van der Waals surface area contributed by atoms with Crippen molar-refractivity contribution in [2.45, 2.75) is 59.3 Å². The molecule has 1 aliphatic rings. The van der Waals surface area contributed by atoms with Gasteiger partial charge < -0.3 is 10.1 Å². The average Bonchev–Trinajstić information content (AvgIpc) is 3.20. The Balaban J connectivity index is 1.28. The largest absolute Gasteiger partial charge is 0.456 e. The van der Waals surface area contributed by atoms with Gasteiger partial charge in [0.15, 0.2) is 12.4 Å². The van der Waals surface area contributed by atoms with E-state index in [9.17, 15) is 14.4 Å². The van der Waals surface area contributed by atoms with Crippen LogP contribution >= 0.6 is 0 Å². The van der Waals surface area contributed by atoms with Crippen LogP contribution in [0.1, 0.15) is 64.2 Å². The molecule has 9 nitrogen and oxygen atoms in total. The van der Waals surface area contributed by atoms with E-state index >= 15 is 0 Å². The number of rotatable bonds is 8. The van der Waals surface area contributed by atoms with Crippen LogP contribution < -0.4 is 5.32 Å². The number of hydrogen-bond acceptors (Lipinski definition) is 7. The summed E-state index contributed by atoms with van der Waals surface area (Å²) in [7, 11) is 0. The van der Waals surface area contributed by atoms with Crippen molar-refractivity contribution < 1.29 is 19.1 Å². The number of benzene rings is 1. The number of fused-ring (bicyclic) bond motifs is 1. The maximum atomic E-state index is 12.5. The van der Waals surface area contributed by atoms with Gasteiger partial charge in [-0.1, -0.05) is 12.1 Å². The van der Waals surface area contributed by atoms with Gasteiger partial charge in [0.25, 0.3) is 11.9 Å². The van der Waals surface area contributed by atoms with Crippen molar-refractivity contribution in [1.29, 1.82) is 0 Å². The normalized spacial score (nSPS) is 12.7. The molecule has 1 amide bonds. The summed E-state index contributed by atoms with van der Waals surface area (Å²) in [6.07, 6.45) is 4.31. The zero-order valence-electron chi connectivity index (χ0n) is 20.3. The van der Waals surface area contributed by atoms with E-state index in [2.05, 4.69) is 20.4 Å². The van der Waals surface area contributed by atoms with Crippen LogP contribution in [0.15, 0.2) is 30.3 Å². The van der Waals surface area contributed by atoms with Gasteiger partial charge in [-0.2, -0.15) is 9.78 Å². The molecule has 0 fully saturated rings. The number of amides is 1. The van der Waals surface area contributed by atoms with Crippen LogP contribution in [0, 0.1) is 20.8 Å². The topological polar surface area (TPSA) is 116 Å². The Hall–Kier alpha value is -3.88.